The van der Waals surface area contributed by atoms with Gasteiger partial charge < -0.3 is 10.5 Å². The highest BCUT2D eigenvalue weighted by Gasteiger charge is 2.19. The normalized spacial score (nSPS) is 12.0. The zero-order chi connectivity index (χ0) is 15.6. The molecule has 0 aliphatic rings. The average molecular weight is 283 g/mol. The van der Waals surface area contributed by atoms with Crippen LogP contribution in [-0.2, 0) is 0 Å². The van der Waals surface area contributed by atoms with E-state index in [1.54, 1.807) is 6.07 Å². The number of nitrogens with two attached hydrogens (primary N) is 1. The third kappa shape index (κ3) is 2.87. The molecular formula is C17H21N3O. The lowest BCUT2D eigenvalue weighted by Gasteiger charge is -2.18. The fraction of sp³-hybridized carbons (Fsp3) is 0.353. The largest absolute Gasteiger partial charge is 0.438 e. The number of hydrogen-bond acceptors (Lipinski definition) is 3. The van der Waals surface area contributed by atoms with Gasteiger partial charge in [-0.05, 0) is 44.4 Å². The van der Waals surface area contributed by atoms with Crippen LogP contribution in [0.4, 0.5) is 5.69 Å². The van der Waals surface area contributed by atoms with E-state index in [9.17, 15) is 5.26 Å². The molecule has 110 valence electrons. The van der Waals surface area contributed by atoms with Gasteiger partial charge in [-0.2, -0.15) is 5.26 Å². The van der Waals surface area contributed by atoms with Crippen LogP contribution in [0.15, 0.2) is 24.3 Å². The number of hydrogen-bond donors (Lipinski definition) is 1. The van der Waals surface area contributed by atoms with Crippen LogP contribution >= 0.6 is 0 Å². The molecule has 0 radical (unpaired) electrons. The number of aromatic nitrogens is 1. The van der Waals surface area contributed by atoms with Crippen LogP contribution in [0.3, 0.4) is 0 Å². The van der Waals surface area contributed by atoms with Gasteiger partial charge in [-0.25, -0.2) is 0 Å². The lowest BCUT2D eigenvalue weighted by atomic mass is 10.1. The SMILES string of the molecule is CC[C@H](C)n1c(C#N)cc(N)c1Oc1cc(C)ccc1C. The van der Waals surface area contributed by atoms with E-state index in [0.29, 0.717) is 17.3 Å². The first-order chi connectivity index (χ1) is 9.97. The van der Waals surface area contributed by atoms with Crippen molar-refractivity contribution < 1.29 is 4.74 Å². The summed E-state index contributed by atoms with van der Waals surface area (Å²) in [5, 5.41) is 9.28. The van der Waals surface area contributed by atoms with E-state index in [1.807, 2.05) is 36.6 Å². The molecule has 0 saturated heterocycles. The Balaban J connectivity index is 2.51. The number of nitrogen functional groups attached to an aromatic ring is 1. The first-order valence-corrected chi connectivity index (χ1v) is 7.13. The minimum atomic E-state index is 0.150. The van der Waals surface area contributed by atoms with Crippen molar-refractivity contribution in [3.63, 3.8) is 0 Å². The standard InChI is InChI=1S/C17H21N3O/c1-5-13(4)20-14(10-18)9-15(19)17(20)21-16-8-11(2)6-7-12(16)3/h6-9,13H,5,19H2,1-4H3/t13-/m0/s1. The summed E-state index contributed by atoms with van der Waals surface area (Å²) in [4.78, 5) is 0. The highest BCUT2D eigenvalue weighted by atomic mass is 16.5. The molecule has 0 spiro atoms. The quantitative estimate of drug-likeness (QED) is 0.908. The zero-order valence-electron chi connectivity index (χ0n) is 13.0. The maximum atomic E-state index is 9.28. The van der Waals surface area contributed by atoms with Crippen LogP contribution in [0.2, 0.25) is 0 Å². The Morgan fingerprint density at radius 3 is 2.67 bits per heavy atom. The highest BCUT2D eigenvalue weighted by molar-refractivity contribution is 5.57. The lowest BCUT2D eigenvalue weighted by molar-refractivity contribution is 0.395. The average Bonchev–Trinajstić information content (AvgIpc) is 2.78. The molecule has 2 rings (SSSR count). The van der Waals surface area contributed by atoms with Gasteiger partial charge in [-0.3, -0.25) is 4.57 Å². The van der Waals surface area contributed by atoms with E-state index >= 15 is 0 Å². The van der Waals surface area contributed by atoms with Gasteiger partial charge in [0.2, 0.25) is 5.88 Å². The van der Waals surface area contributed by atoms with Crippen LogP contribution in [0.5, 0.6) is 11.6 Å². The summed E-state index contributed by atoms with van der Waals surface area (Å²) in [6.45, 7) is 8.14. The molecule has 21 heavy (non-hydrogen) atoms. The Morgan fingerprint density at radius 2 is 2.05 bits per heavy atom. The lowest BCUT2D eigenvalue weighted by Crippen LogP contribution is -2.08. The van der Waals surface area contributed by atoms with Crippen molar-refractivity contribution in [3.8, 4) is 17.7 Å². The number of benzene rings is 1. The van der Waals surface area contributed by atoms with E-state index < -0.39 is 0 Å². The van der Waals surface area contributed by atoms with Gasteiger partial charge in [0, 0.05) is 12.1 Å². The van der Waals surface area contributed by atoms with Gasteiger partial charge in [0.1, 0.15) is 17.5 Å². The summed E-state index contributed by atoms with van der Waals surface area (Å²) in [7, 11) is 0. The van der Waals surface area contributed by atoms with Gasteiger partial charge in [-0.15, -0.1) is 0 Å². The van der Waals surface area contributed by atoms with Crippen molar-refractivity contribution in [3.05, 3.63) is 41.1 Å². The molecule has 0 aliphatic heterocycles. The fourth-order valence-electron chi connectivity index (χ4n) is 2.26. The van der Waals surface area contributed by atoms with Crippen molar-refractivity contribution in [2.45, 2.75) is 40.2 Å². The molecule has 0 fully saturated rings. The topological polar surface area (TPSA) is 64.0 Å². The van der Waals surface area contributed by atoms with Gasteiger partial charge in [0.15, 0.2) is 0 Å². The van der Waals surface area contributed by atoms with Crippen molar-refractivity contribution >= 4 is 5.69 Å². The van der Waals surface area contributed by atoms with Crippen molar-refractivity contribution in [1.29, 1.82) is 5.26 Å². The smallest absolute Gasteiger partial charge is 0.224 e. The second kappa shape index (κ2) is 5.92. The third-order valence-corrected chi connectivity index (χ3v) is 3.71. The second-order valence-electron chi connectivity index (χ2n) is 5.40. The minimum absolute atomic E-state index is 0.150. The Kier molecular flexibility index (Phi) is 4.23. The molecule has 4 heteroatoms. The van der Waals surface area contributed by atoms with Crippen LogP contribution in [0.1, 0.15) is 43.1 Å². The van der Waals surface area contributed by atoms with Crippen molar-refractivity contribution in [2.24, 2.45) is 0 Å². The van der Waals surface area contributed by atoms with E-state index in [1.165, 1.54) is 0 Å². The van der Waals surface area contributed by atoms with Gasteiger partial charge in [0.25, 0.3) is 0 Å². The zero-order valence-corrected chi connectivity index (χ0v) is 13.0. The van der Waals surface area contributed by atoms with Crippen LogP contribution in [0, 0.1) is 25.2 Å². The molecule has 0 bridgehead atoms. The number of anilines is 1. The van der Waals surface area contributed by atoms with E-state index in [4.69, 9.17) is 10.5 Å². The van der Waals surface area contributed by atoms with E-state index in [2.05, 4.69) is 19.9 Å². The molecule has 2 aromatic rings. The fourth-order valence-corrected chi connectivity index (χ4v) is 2.26. The predicted molar refractivity (Wildman–Crippen MR) is 84.6 cm³/mol. The van der Waals surface area contributed by atoms with Crippen molar-refractivity contribution in [1.82, 2.24) is 4.57 Å². The molecule has 0 saturated carbocycles. The molecule has 0 unspecified atom stereocenters. The number of ether oxygens (including phenoxy) is 1. The minimum Gasteiger partial charge on any atom is -0.438 e. The molecule has 1 atom stereocenters. The molecular weight excluding hydrogens is 262 g/mol. The summed E-state index contributed by atoms with van der Waals surface area (Å²) in [5.41, 5.74) is 9.23. The molecule has 1 heterocycles. The summed E-state index contributed by atoms with van der Waals surface area (Å²) >= 11 is 0. The van der Waals surface area contributed by atoms with Crippen LogP contribution in [0.25, 0.3) is 0 Å². The number of nitriles is 1. The monoisotopic (exact) mass is 283 g/mol. The summed E-state index contributed by atoms with van der Waals surface area (Å²) in [6.07, 6.45) is 0.895. The number of nitrogens with zero attached hydrogens (tertiary/aromatic N) is 2. The maximum Gasteiger partial charge on any atom is 0.224 e. The van der Waals surface area contributed by atoms with E-state index in [0.717, 1.165) is 23.3 Å². The molecule has 1 aromatic carbocycles. The second-order valence-corrected chi connectivity index (χ2v) is 5.40. The first kappa shape index (κ1) is 15.0. The predicted octanol–water partition coefficient (Wildman–Crippen LogP) is 4.32. The number of rotatable bonds is 4. The third-order valence-electron chi connectivity index (χ3n) is 3.71. The van der Waals surface area contributed by atoms with Gasteiger partial charge >= 0.3 is 0 Å². The molecule has 2 N–H and O–H groups in total. The molecule has 4 nitrogen and oxygen atoms in total. The molecule has 0 aliphatic carbocycles. The van der Waals surface area contributed by atoms with E-state index in [-0.39, 0.29) is 6.04 Å². The summed E-state index contributed by atoms with van der Waals surface area (Å²) < 4.78 is 7.92. The Bertz CT molecular complexity index is 695. The van der Waals surface area contributed by atoms with Crippen LogP contribution < -0.4 is 10.5 Å². The van der Waals surface area contributed by atoms with Crippen molar-refractivity contribution in [2.75, 3.05) is 5.73 Å². The highest BCUT2D eigenvalue weighted by Crippen LogP contribution is 2.36. The van der Waals surface area contributed by atoms with Gasteiger partial charge in [-0.1, -0.05) is 19.1 Å². The Morgan fingerprint density at radius 1 is 1.33 bits per heavy atom. The first-order valence-electron chi connectivity index (χ1n) is 7.13. The summed E-state index contributed by atoms with van der Waals surface area (Å²) in [6, 6.07) is 10.0. The summed E-state index contributed by atoms with van der Waals surface area (Å²) in [5.74, 6) is 1.32. The Hall–Kier alpha value is -2.41. The van der Waals surface area contributed by atoms with Gasteiger partial charge in [0.05, 0.1) is 5.69 Å². The Labute approximate surface area is 125 Å². The number of aryl methyl sites for hydroxylation is 2. The maximum absolute atomic E-state index is 9.28. The molecule has 0 amide bonds. The van der Waals surface area contributed by atoms with Crippen LogP contribution in [-0.4, -0.2) is 4.57 Å². The molecule has 1 aromatic heterocycles.